The molecule has 0 bridgehead atoms. The Morgan fingerprint density at radius 1 is 1.11 bits per heavy atom. The summed E-state index contributed by atoms with van der Waals surface area (Å²) in [6.07, 6.45) is 0.377. The molecule has 98 valence electrons. The summed E-state index contributed by atoms with van der Waals surface area (Å²) in [4.78, 5) is 11.8. The van der Waals surface area contributed by atoms with Crippen molar-refractivity contribution in [3.63, 3.8) is 0 Å². The van der Waals surface area contributed by atoms with Gasteiger partial charge >= 0.3 is 5.97 Å². The van der Waals surface area contributed by atoms with Gasteiger partial charge in [-0.25, -0.2) is 9.18 Å². The average Bonchev–Trinajstić information content (AvgIpc) is 2.42. The summed E-state index contributed by atoms with van der Waals surface area (Å²) in [5.74, 6) is -0.859. The minimum atomic E-state index is -0.479. The molecule has 2 rings (SSSR count). The molecule has 0 amide bonds. The molecule has 0 aliphatic carbocycles. The molecule has 0 aliphatic heterocycles. The van der Waals surface area contributed by atoms with E-state index < -0.39 is 5.97 Å². The van der Waals surface area contributed by atoms with Gasteiger partial charge in [0, 0.05) is 12.0 Å². The third-order valence-corrected chi connectivity index (χ3v) is 2.84. The topological polar surface area (TPSA) is 26.3 Å². The second-order valence-corrected chi connectivity index (χ2v) is 4.15. The predicted octanol–water partition coefficient (Wildman–Crippen LogP) is 3.59. The van der Waals surface area contributed by atoms with E-state index in [1.165, 1.54) is 12.1 Å². The Kier molecular flexibility index (Phi) is 4.29. The molecule has 0 saturated carbocycles. The first-order valence-electron chi connectivity index (χ1n) is 6.20. The van der Waals surface area contributed by atoms with Gasteiger partial charge in [0.1, 0.15) is 5.82 Å². The summed E-state index contributed by atoms with van der Waals surface area (Å²) in [7, 11) is 0. The fourth-order valence-corrected chi connectivity index (χ4v) is 1.94. The van der Waals surface area contributed by atoms with Gasteiger partial charge in [-0.1, -0.05) is 36.4 Å². The maximum atomic E-state index is 13.9. The van der Waals surface area contributed by atoms with Crippen LogP contribution in [-0.2, 0) is 11.2 Å². The Hall–Kier alpha value is -2.16. The highest BCUT2D eigenvalue weighted by molar-refractivity contribution is 5.91. The Morgan fingerprint density at radius 2 is 1.84 bits per heavy atom. The van der Waals surface area contributed by atoms with Gasteiger partial charge in [-0.2, -0.15) is 0 Å². The summed E-state index contributed by atoms with van der Waals surface area (Å²) in [6.45, 7) is 2.01. The van der Waals surface area contributed by atoms with Crippen LogP contribution in [0.15, 0.2) is 48.5 Å². The van der Waals surface area contributed by atoms with E-state index in [0.717, 1.165) is 5.56 Å². The number of hydrogen-bond acceptors (Lipinski definition) is 2. The van der Waals surface area contributed by atoms with E-state index in [4.69, 9.17) is 4.74 Å². The third-order valence-electron chi connectivity index (χ3n) is 2.84. The van der Waals surface area contributed by atoms with Crippen LogP contribution < -0.4 is 0 Å². The summed E-state index contributed by atoms with van der Waals surface area (Å²) in [6, 6.07) is 14.0. The summed E-state index contributed by atoms with van der Waals surface area (Å²) in [5, 5.41) is 0. The van der Waals surface area contributed by atoms with Gasteiger partial charge in [0.2, 0.25) is 0 Å². The summed E-state index contributed by atoms with van der Waals surface area (Å²) >= 11 is 0. The summed E-state index contributed by atoms with van der Waals surface area (Å²) in [5.41, 5.74) is 1.64. The highest BCUT2D eigenvalue weighted by atomic mass is 19.1. The molecule has 0 atom stereocenters. The Balaban J connectivity index is 2.36. The van der Waals surface area contributed by atoms with Crippen LogP contribution in [0.1, 0.15) is 28.4 Å². The third kappa shape index (κ3) is 3.19. The first-order valence-corrected chi connectivity index (χ1v) is 6.20. The number of benzene rings is 2. The number of esters is 1. The lowest BCUT2D eigenvalue weighted by atomic mass is 9.99. The SMILES string of the molecule is CCOC(=O)c1cccc(F)c1Cc1ccccc1. The quantitative estimate of drug-likeness (QED) is 0.783. The van der Waals surface area contributed by atoms with Crippen LogP contribution in [0.3, 0.4) is 0 Å². The van der Waals surface area contributed by atoms with Crippen molar-refractivity contribution in [2.45, 2.75) is 13.3 Å². The normalized spacial score (nSPS) is 10.2. The zero-order chi connectivity index (χ0) is 13.7. The maximum absolute atomic E-state index is 13.9. The minimum Gasteiger partial charge on any atom is -0.462 e. The van der Waals surface area contributed by atoms with Crippen LogP contribution in [0.4, 0.5) is 4.39 Å². The lowest BCUT2D eigenvalue weighted by Gasteiger charge is -2.10. The van der Waals surface area contributed by atoms with Crippen molar-refractivity contribution in [2.24, 2.45) is 0 Å². The fourth-order valence-electron chi connectivity index (χ4n) is 1.94. The molecule has 2 aromatic carbocycles. The number of ether oxygens (including phenoxy) is 1. The van der Waals surface area contributed by atoms with E-state index in [1.807, 2.05) is 30.3 Å². The van der Waals surface area contributed by atoms with E-state index in [1.54, 1.807) is 13.0 Å². The lowest BCUT2D eigenvalue weighted by Crippen LogP contribution is -2.10. The second kappa shape index (κ2) is 6.14. The monoisotopic (exact) mass is 258 g/mol. The maximum Gasteiger partial charge on any atom is 0.338 e. The zero-order valence-electron chi connectivity index (χ0n) is 10.7. The molecule has 0 fully saturated rings. The van der Waals surface area contributed by atoms with E-state index in [2.05, 4.69) is 0 Å². The van der Waals surface area contributed by atoms with Crippen LogP contribution >= 0.6 is 0 Å². The number of carbonyl (C=O) groups is 1. The molecular formula is C16H15FO2. The fraction of sp³-hybridized carbons (Fsp3) is 0.188. The van der Waals surface area contributed by atoms with Crippen molar-refractivity contribution in [2.75, 3.05) is 6.61 Å². The van der Waals surface area contributed by atoms with Crippen molar-refractivity contribution in [1.82, 2.24) is 0 Å². The van der Waals surface area contributed by atoms with Gasteiger partial charge in [-0.05, 0) is 24.6 Å². The first kappa shape index (κ1) is 13.3. The van der Waals surface area contributed by atoms with E-state index >= 15 is 0 Å². The molecule has 0 spiro atoms. The minimum absolute atomic E-state index is 0.278. The predicted molar refractivity (Wildman–Crippen MR) is 71.6 cm³/mol. The van der Waals surface area contributed by atoms with E-state index in [9.17, 15) is 9.18 Å². The van der Waals surface area contributed by atoms with Gasteiger partial charge in [-0.3, -0.25) is 0 Å². The zero-order valence-corrected chi connectivity index (χ0v) is 10.7. The lowest BCUT2D eigenvalue weighted by molar-refractivity contribution is 0.0524. The van der Waals surface area contributed by atoms with Gasteiger partial charge in [-0.15, -0.1) is 0 Å². The van der Waals surface area contributed by atoms with Crippen LogP contribution in [0.5, 0.6) is 0 Å². The Bertz CT molecular complexity index is 564. The molecule has 0 saturated heterocycles. The Morgan fingerprint density at radius 3 is 2.53 bits per heavy atom. The number of carbonyl (C=O) groups excluding carboxylic acids is 1. The van der Waals surface area contributed by atoms with Crippen molar-refractivity contribution < 1.29 is 13.9 Å². The molecular weight excluding hydrogens is 243 g/mol. The van der Waals surface area contributed by atoms with Gasteiger partial charge in [0.15, 0.2) is 0 Å². The van der Waals surface area contributed by atoms with Crippen molar-refractivity contribution >= 4 is 5.97 Å². The molecule has 0 heterocycles. The summed E-state index contributed by atoms with van der Waals surface area (Å²) < 4.78 is 18.9. The number of halogens is 1. The molecule has 2 nitrogen and oxygen atoms in total. The highest BCUT2D eigenvalue weighted by Gasteiger charge is 2.16. The van der Waals surface area contributed by atoms with E-state index in [-0.39, 0.29) is 12.4 Å². The standard InChI is InChI=1S/C16H15FO2/c1-2-19-16(18)13-9-6-10-15(17)14(13)11-12-7-4-3-5-8-12/h3-10H,2,11H2,1H3. The first-order chi connectivity index (χ1) is 9.22. The average molecular weight is 258 g/mol. The largest absolute Gasteiger partial charge is 0.462 e. The van der Waals surface area contributed by atoms with Crippen molar-refractivity contribution in [1.29, 1.82) is 0 Å². The van der Waals surface area contributed by atoms with Gasteiger partial charge < -0.3 is 4.74 Å². The molecule has 0 N–H and O–H groups in total. The molecule has 0 radical (unpaired) electrons. The number of rotatable bonds is 4. The molecule has 2 aromatic rings. The highest BCUT2D eigenvalue weighted by Crippen LogP contribution is 2.19. The van der Waals surface area contributed by atoms with Crippen LogP contribution in [0.2, 0.25) is 0 Å². The second-order valence-electron chi connectivity index (χ2n) is 4.15. The van der Waals surface area contributed by atoms with Crippen LogP contribution in [0, 0.1) is 5.82 Å². The Labute approximate surface area is 111 Å². The smallest absolute Gasteiger partial charge is 0.338 e. The molecule has 19 heavy (non-hydrogen) atoms. The van der Waals surface area contributed by atoms with Crippen LogP contribution in [-0.4, -0.2) is 12.6 Å². The van der Waals surface area contributed by atoms with Crippen molar-refractivity contribution in [3.8, 4) is 0 Å². The van der Waals surface area contributed by atoms with Crippen molar-refractivity contribution in [3.05, 3.63) is 71.0 Å². The molecule has 0 aromatic heterocycles. The number of hydrogen-bond donors (Lipinski definition) is 0. The van der Waals surface area contributed by atoms with Crippen LogP contribution in [0.25, 0.3) is 0 Å². The van der Waals surface area contributed by atoms with Gasteiger partial charge in [0.25, 0.3) is 0 Å². The van der Waals surface area contributed by atoms with E-state index in [0.29, 0.717) is 17.5 Å². The molecule has 0 unspecified atom stereocenters. The van der Waals surface area contributed by atoms with Gasteiger partial charge in [0.05, 0.1) is 12.2 Å². The molecule has 0 aliphatic rings. The molecule has 3 heteroatoms.